The molecular formula is C15H16N2O. The van der Waals surface area contributed by atoms with E-state index in [1.807, 2.05) is 24.3 Å². The van der Waals surface area contributed by atoms with Crippen LogP contribution in [0.4, 0.5) is 5.69 Å². The van der Waals surface area contributed by atoms with Crippen molar-refractivity contribution in [3.05, 3.63) is 29.8 Å². The van der Waals surface area contributed by atoms with E-state index in [4.69, 9.17) is 6.42 Å². The summed E-state index contributed by atoms with van der Waals surface area (Å²) in [5, 5.41) is 6.44. The standard InChI is InChI=1S/C15H16N2O/c1-2-10-4-3-5-11(8-10)17-15(18)13-9-12-6-7-14(13)16-12/h1,3-5,8,12-14,16H,6-7,9H2,(H,17,18). The lowest BCUT2D eigenvalue weighted by atomic mass is 9.88. The Morgan fingerprint density at radius 2 is 2.33 bits per heavy atom. The van der Waals surface area contributed by atoms with E-state index < -0.39 is 0 Å². The minimum Gasteiger partial charge on any atom is -0.326 e. The smallest absolute Gasteiger partial charge is 0.229 e. The number of carbonyl (C=O) groups excluding carboxylic acids is 1. The predicted octanol–water partition coefficient (Wildman–Crippen LogP) is 1.75. The van der Waals surface area contributed by atoms with Crippen LogP contribution in [0.15, 0.2) is 24.3 Å². The molecule has 3 heteroatoms. The van der Waals surface area contributed by atoms with Crippen molar-refractivity contribution in [3.63, 3.8) is 0 Å². The van der Waals surface area contributed by atoms with Gasteiger partial charge in [-0.1, -0.05) is 12.0 Å². The number of hydrogen-bond acceptors (Lipinski definition) is 2. The highest BCUT2D eigenvalue weighted by Crippen LogP contribution is 2.33. The number of rotatable bonds is 2. The third kappa shape index (κ3) is 2.00. The van der Waals surface area contributed by atoms with Crippen LogP contribution >= 0.6 is 0 Å². The normalized spacial score (nSPS) is 28.9. The van der Waals surface area contributed by atoms with E-state index in [-0.39, 0.29) is 11.8 Å². The van der Waals surface area contributed by atoms with E-state index in [0.29, 0.717) is 12.1 Å². The van der Waals surface area contributed by atoms with E-state index in [2.05, 4.69) is 16.6 Å². The van der Waals surface area contributed by atoms with Gasteiger partial charge in [0.1, 0.15) is 0 Å². The van der Waals surface area contributed by atoms with Crippen molar-refractivity contribution in [1.82, 2.24) is 5.32 Å². The zero-order valence-electron chi connectivity index (χ0n) is 10.1. The molecule has 0 radical (unpaired) electrons. The maximum atomic E-state index is 12.2. The molecule has 2 heterocycles. The first-order valence-corrected chi connectivity index (χ1v) is 6.40. The molecule has 2 fully saturated rings. The number of carbonyl (C=O) groups is 1. The molecule has 3 nitrogen and oxygen atoms in total. The Labute approximate surface area is 107 Å². The van der Waals surface area contributed by atoms with Gasteiger partial charge in [0, 0.05) is 23.3 Å². The van der Waals surface area contributed by atoms with Gasteiger partial charge >= 0.3 is 0 Å². The van der Waals surface area contributed by atoms with Crippen LogP contribution in [0.25, 0.3) is 0 Å². The summed E-state index contributed by atoms with van der Waals surface area (Å²) in [5.41, 5.74) is 1.58. The van der Waals surface area contributed by atoms with Crippen LogP contribution in [0, 0.1) is 18.3 Å². The summed E-state index contributed by atoms with van der Waals surface area (Å²) in [7, 11) is 0. The Bertz CT molecular complexity index is 517. The molecule has 3 rings (SSSR count). The Kier molecular flexibility index (Phi) is 2.81. The molecule has 3 atom stereocenters. The summed E-state index contributed by atoms with van der Waals surface area (Å²) in [6, 6.07) is 8.34. The van der Waals surface area contributed by atoms with E-state index >= 15 is 0 Å². The highest BCUT2D eigenvalue weighted by molar-refractivity contribution is 5.93. The number of fused-ring (bicyclic) bond motifs is 2. The van der Waals surface area contributed by atoms with Crippen molar-refractivity contribution >= 4 is 11.6 Å². The highest BCUT2D eigenvalue weighted by Gasteiger charge is 2.42. The second-order valence-electron chi connectivity index (χ2n) is 5.10. The molecule has 2 saturated heterocycles. The zero-order valence-corrected chi connectivity index (χ0v) is 10.1. The predicted molar refractivity (Wildman–Crippen MR) is 71.1 cm³/mol. The van der Waals surface area contributed by atoms with Crippen molar-refractivity contribution < 1.29 is 4.79 Å². The average Bonchev–Trinajstić information content (AvgIpc) is 3.01. The molecule has 3 unspecified atom stereocenters. The molecule has 0 saturated carbocycles. The molecular weight excluding hydrogens is 224 g/mol. The Hall–Kier alpha value is -1.79. The first kappa shape index (κ1) is 11.3. The maximum Gasteiger partial charge on any atom is 0.229 e. The molecule has 0 spiro atoms. The van der Waals surface area contributed by atoms with Crippen molar-refractivity contribution in [2.45, 2.75) is 31.3 Å². The second kappa shape index (κ2) is 4.47. The minimum absolute atomic E-state index is 0.109. The summed E-state index contributed by atoms with van der Waals surface area (Å²) in [6.45, 7) is 0. The first-order chi connectivity index (χ1) is 8.76. The monoisotopic (exact) mass is 240 g/mol. The van der Waals surface area contributed by atoms with Crippen LogP contribution in [0.5, 0.6) is 0 Å². The number of anilines is 1. The largest absolute Gasteiger partial charge is 0.326 e. The Morgan fingerprint density at radius 3 is 3.00 bits per heavy atom. The first-order valence-electron chi connectivity index (χ1n) is 6.40. The van der Waals surface area contributed by atoms with Gasteiger partial charge in [0.05, 0.1) is 5.92 Å². The fraction of sp³-hybridized carbons (Fsp3) is 0.400. The lowest BCUT2D eigenvalue weighted by Gasteiger charge is -2.19. The molecule has 1 aromatic rings. The van der Waals surface area contributed by atoms with Crippen LogP contribution in [-0.2, 0) is 4.79 Å². The second-order valence-corrected chi connectivity index (χ2v) is 5.10. The van der Waals surface area contributed by atoms with Gasteiger partial charge in [-0.15, -0.1) is 6.42 Å². The molecule has 2 N–H and O–H groups in total. The third-order valence-corrected chi connectivity index (χ3v) is 3.93. The highest BCUT2D eigenvalue weighted by atomic mass is 16.2. The minimum atomic E-state index is 0.109. The van der Waals surface area contributed by atoms with Crippen molar-refractivity contribution in [3.8, 4) is 12.3 Å². The molecule has 0 aromatic heterocycles. The summed E-state index contributed by atoms with van der Waals surface area (Å²) < 4.78 is 0. The molecule has 2 aliphatic heterocycles. The van der Waals surface area contributed by atoms with Gasteiger partial charge in [-0.2, -0.15) is 0 Å². The molecule has 0 aliphatic carbocycles. The van der Waals surface area contributed by atoms with Gasteiger partial charge in [0.15, 0.2) is 0 Å². The Balaban J connectivity index is 1.69. The van der Waals surface area contributed by atoms with Crippen molar-refractivity contribution in [1.29, 1.82) is 0 Å². The fourth-order valence-electron chi connectivity index (χ4n) is 3.04. The van der Waals surface area contributed by atoms with Crippen molar-refractivity contribution in [2.75, 3.05) is 5.32 Å². The molecule has 1 amide bonds. The van der Waals surface area contributed by atoms with E-state index in [0.717, 1.165) is 24.1 Å². The van der Waals surface area contributed by atoms with Crippen LogP contribution in [0.2, 0.25) is 0 Å². The van der Waals surface area contributed by atoms with Gasteiger partial charge in [-0.05, 0) is 37.5 Å². The van der Waals surface area contributed by atoms with Crippen molar-refractivity contribution in [2.24, 2.45) is 5.92 Å². The number of amides is 1. The van der Waals surface area contributed by atoms with Crippen LogP contribution in [0.1, 0.15) is 24.8 Å². The fourth-order valence-corrected chi connectivity index (χ4v) is 3.04. The van der Waals surface area contributed by atoms with Gasteiger partial charge in [-0.3, -0.25) is 4.79 Å². The van der Waals surface area contributed by atoms with Gasteiger partial charge in [-0.25, -0.2) is 0 Å². The average molecular weight is 240 g/mol. The summed E-state index contributed by atoms with van der Waals surface area (Å²) >= 11 is 0. The zero-order chi connectivity index (χ0) is 12.5. The molecule has 92 valence electrons. The van der Waals surface area contributed by atoms with Crippen LogP contribution in [-0.4, -0.2) is 18.0 Å². The SMILES string of the molecule is C#Cc1cccc(NC(=O)C2CC3CCC2N3)c1. The van der Waals surface area contributed by atoms with Gasteiger partial charge in [0.2, 0.25) is 5.91 Å². The molecule has 2 bridgehead atoms. The molecule has 18 heavy (non-hydrogen) atoms. The number of nitrogens with one attached hydrogen (secondary N) is 2. The van der Waals surface area contributed by atoms with E-state index in [1.54, 1.807) is 0 Å². The number of benzene rings is 1. The van der Waals surface area contributed by atoms with Crippen LogP contribution < -0.4 is 10.6 Å². The lowest BCUT2D eigenvalue weighted by molar-refractivity contribution is -0.120. The molecule has 1 aromatic carbocycles. The summed E-state index contributed by atoms with van der Waals surface area (Å²) in [5.74, 6) is 2.80. The van der Waals surface area contributed by atoms with Gasteiger partial charge < -0.3 is 10.6 Å². The lowest BCUT2D eigenvalue weighted by Crippen LogP contribution is -2.32. The number of hydrogen-bond donors (Lipinski definition) is 2. The topological polar surface area (TPSA) is 41.1 Å². The van der Waals surface area contributed by atoms with Crippen LogP contribution in [0.3, 0.4) is 0 Å². The molecule has 2 aliphatic rings. The summed E-state index contributed by atoms with van der Waals surface area (Å²) in [4.78, 5) is 12.2. The Morgan fingerprint density at radius 1 is 1.44 bits per heavy atom. The van der Waals surface area contributed by atoms with E-state index in [9.17, 15) is 4.79 Å². The quantitative estimate of drug-likeness (QED) is 0.773. The van der Waals surface area contributed by atoms with Gasteiger partial charge in [0.25, 0.3) is 0 Å². The third-order valence-electron chi connectivity index (χ3n) is 3.93. The summed E-state index contributed by atoms with van der Waals surface area (Å²) in [6.07, 6.45) is 8.64. The number of terminal acetylenes is 1. The maximum absolute atomic E-state index is 12.2. The van der Waals surface area contributed by atoms with E-state index in [1.165, 1.54) is 6.42 Å².